The minimum absolute atomic E-state index is 0.267. The van der Waals surface area contributed by atoms with Crippen molar-refractivity contribution in [1.29, 1.82) is 0 Å². The topological polar surface area (TPSA) is 58.2 Å². The number of nitrogens with one attached hydrogen (secondary N) is 2. The van der Waals surface area contributed by atoms with Crippen LogP contribution in [0, 0.1) is 11.2 Å². The van der Waals surface area contributed by atoms with E-state index in [-0.39, 0.29) is 24.2 Å². The van der Waals surface area contributed by atoms with Crippen molar-refractivity contribution in [1.82, 2.24) is 10.6 Å². The minimum Gasteiger partial charge on any atom is -0.355 e. The first kappa shape index (κ1) is 19.2. The van der Waals surface area contributed by atoms with E-state index < -0.39 is 5.41 Å². The van der Waals surface area contributed by atoms with Gasteiger partial charge in [-0.05, 0) is 63.6 Å². The Morgan fingerprint density at radius 2 is 1.76 bits per heavy atom. The number of carbonyl (C=O) groups excluding carboxylic acids is 2. The predicted octanol–water partition coefficient (Wildman–Crippen LogP) is 3.47. The van der Waals surface area contributed by atoms with E-state index in [9.17, 15) is 14.0 Å². The smallest absolute Gasteiger partial charge is 0.235 e. The monoisotopic (exact) mass is 346 g/mol. The van der Waals surface area contributed by atoms with Gasteiger partial charge < -0.3 is 10.6 Å². The van der Waals surface area contributed by atoms with Crippen LogP contribution in [0.15, 0.2) is 35.9 Å². The van der Waals surface area contributed by atoms with Crippen molar-refractivity contribution < 1.29 is 14.0 Å². The summed E-state index contributed by atoms with van der Waals surface area (Å²) in [5.41, 5.74) is 1.03. The van der Waals surface area contributed by atoms with Gasteiger partial charge in [0.2, 0.25) is 11.8 Å². The maximum absolute atomic E-state index is 12.9. The van der Waals surface area contributed by atoms with Gasteiger partial charge in [0.15, 0.2) is 0 Å². The van der Waals surface area contributed by atoms with Crippen LogP contribution in [0.2, 0.25) is 0 Å². The third-order valence-electron chi connectivity index (χ3n) is 4.62. The molecule has 4 nitrogen and oxygen atoms in total. The average molecular weight is 346 g/mol. The molecule has 0 fully saturated rings. The number of hydrogen-bond acceptors (Lipinski definition) is 2. The number of benzene rings is 1. The maximum atomic E-state index is 12.9. The Morgan fingerprint density at radius 3 is 2.40 bits per heavy atom. The van der Waals surface area contributed by atoms with E-state index in [1.54, 1.807) is 26.0 Å². The van der Waals surface area contributed by atoms with E-state index in [2.05, 4.69) is 16.7 Å². The van der Waals surface area contributed by atoms with Gasteiger partial charge in [0.1, 0.15) is 11.2 Å². The second kappa shape index (κ2) is 8.79. The molecule has 0 heterocycles. The highest BCUT2D eigenvalue weighted by atomic mass is 19.1. The van der Waals surface area contributed by atoms with Crippen molar-refractivity contribution >= 4 is 11.8 Å². The van der Waals surface area contributed by atoms with Gasteiger partial charge in [-0.3, -0.25) is 9.59 Å². The molecule has 0 atom stereocenters. The summed E-state index contributed by atoms with van der Waals surface area (Å²) >= 11 is 0. The van der Waals surface area contributed by atoms with E-state index in [4.69, 9.17) is 0 Å². The standard InChI is InChI=1S/C20H27FN2O2/c1-20(2,18(24)22-13-12-15-6-4-3-5-7-15)19(25)23-14-16-8-10-17(21)11-9-16/h6,8-11H,3-5,7,12-14H2,1-2H3,(H,22,24)(H,23,25). The van der Waals surface area contributed by atoms with E-state index in [0.29, 0.717) is 6.54 Å². The summed E-state index contributed by atoms with van der Waals surface area (Å²) in [6, 6.07) is 5.92. The van der Waals surface area contributed by atoms with E-state index in [1.807, 2.05) is 0 Å². The molecule has 2 amide bonds. The zero-order chi connectivity index (χ0) is 18.3. The highest BCUT2D eigenvalue weighted by molar-refractivity contribution is 6.04. The van der Waals surface area contributed by atoms with Crippen molar-refractivity contribution in [2.45, 2.75) is 52.5 Å². The Labute approximate surface area is 148 Å². The Balaban J connectivity index is 1.79. The molecule has 1 aliphatic carbocycles. The third kappa shape index (κ3) is 5.69. The van der Waals surface area contributed by atoms with Crippen molar-refractivity contribution in [3.05, 3.63) is 47.3 Å². The summed E-state index contributed by atoms with van der Waals surface area (Å²) in [5, 5.41) is 5.61. The van der Waals surface area contributed by atoms with Crippen molar-refractivity contribution in [3.63, 3.8) is 0 Å². The van der Waals surface area contributed by atoms with Gasteiger partial charge >= 0.3 is 0 Å². The molecule has 1 aromatic carbocycles. The molecule has 0 saturated heterocycles. The summed E-state index contributed by atoms with van der Waals surface area (Å²) in [5.74, 6) is -0.936. The highest BCUT2D eigenvalue weighted by Crippen LogP contribution is 2.20. The van der Waals surface area contributed by atoms with Gasteiger partial charge in [0.25, 0.3) is 0 Å². The summed E-state index contributed by atoms with van der Waals surface area (Å²) in [6.45, 7) is 4.05. The van der Waals surface area contributed by atoms with Crippen LogP contribution in [0.5, 0.6) is 0 Å². The predicted molar refractivity (Wildman–Crippen MR) is 96.2 cm³/mol. The Bertz CT molecular complexity index is 636. The van der Waals surface area contributed by atoms with Crippen molar-refractivity contribution in [2.75, 3.05) is 6.54 Å². The van der Waals surface area contributed by atoms with Gasteiger partial charge in [-0.25, -0.2) is 4.39 Å². The molecule has 1 aliphatic rings. The lowest BCUT2D eigenvalue weighted by Gasteiger charge is -2.23. The van der Waals surface area contributed by atoms with E-state index in [1.165, 1.54) is 30.5 Å². The summed E-state index contributed by atoms with van der Waals surface area (Å²) in [7, 11) is 0. The Hall–Kier alpha value is -2.17. The van der Waals surface area contributed by atoms with Crippen LogP contribution in [0.4, 0.5) is 4.39 Å². The number of rotatable bonds is 7. The number of halogens is 1. The second-order valence-corrected chi connectivity index (χ2v) is 7.05. The molecule has 0 saturated carbocycles. The Morgan fingerprint density at radius 1 is 1.08 bits per heavy atom. The fourth-order valence-corrected chi connectivity index (χ4v) is 2.80. The van der Waals surface area contributed by atoms with Crippen LogP contribution in [-0.4, -0.2) is 18.4 Å². The zero-order valence-corrected chi connectivity index (χ0v) is 15.0. The number of hydrogen-bond donors (Lipinski definition) is 2. The van der Waals surface area contributed by atoms with Crippen LogP contribution < -0.4 is 10.6 Å². The average Bonchev–Trinajstić information content (AvgIpc) is 2.61. The number of carbonyl (C=O) groups is 2. The molecular formula is C20H27FN2O2. The zero-order valence-electron chi connectivity index (χ0n) is 15.0. The van der Waals surface area contributed by atoms with Crippen LogP contribution in [0.25, 0.3) is 0 Å². The molecular weight excluding hydrogens is 319 g/mol. The summed E-state index contributed by atoms with van der Waals surface area (Å²) in [4.78, 5) is 24.7. The van der Waals surface area contributed by atoms with Gasteiger partial charge in [0.05, 0.1) is 0 Å². The largest absolute Gasteiger partial charge is 0.355 e. The maximum Gasteiger partial charge on any atom is 0.235 e. The SMILES string of the molecule is CC(C)(C(=O)NCCC1=CCCCC1)C(=O)NCc1ccc(F)cc1. The molecule has 136 valence electrons. The molecule has 1 aromatic rings. The fraction of sp³-hybridized carbons (Fsp3) is 0.500. The van der Waals surface area contributed by atoms with Crippen LogP contribution in [0.3, 0.4) is 0 Å². The number of amides is 2. The third-order valence-corrected chi connectivity index (χ3v) is 4.62. The van der Waals surface area contributed by atoms with Crippen molar-refractivity contribution in [2.24, 2.45) is 5.41 Å². The first-order valence-electron chi connectivity index (χ1n) is 8.88. The van der Waals surface area contributed by atoms with E-state index >= 15 is 0 Å². The normalized spacial score (nSPS) is 14.6. The highest BCUT2D eigenvalue weighted by Gasteiger charge is 2.35. The minimum atomic E-state index is -1.15. The number of allylic oxidation sites excluding steroid dienone is 1. The molecule has 5 heteroatoms. The lowest BCUT2D eigenvalue weighted by molar-refractivity contribution is -0.141. The fourth-order valence-electron chi connectivity index (χ4n) is 2.80. The molecule has 25 heavy (non-hydrogen) atoms. The van der Waals surface area contributed by atoms with Crippen LogP contribution in [0.1, 0.15) is 51.5 Å². The molecule has 0 aromatic heterocycles. The van der Waals surface area contributed by atoms with E-state index in [0.717, 1.165) is 24.8 Å². The van der Waals surface area contributed by atoms with Crippen LogP contribution in [-0.2, 0) is 16.1 Å². The van der Waals surface area contributed by atoms with Gasteiger partial charge in [-0.15, -0.1) is 0 Å². The first-order chi connectivity index (χ1) is 11.9. The molecule has 2 rings (SSSR count). The molecule has 0 unspecified atom stereocenters. The van der Waals surface area contributed by atoms with Gasteiger partial charge in [-0.1, -0.05) is 23.8 Å². The van der Waals surface area contributed by atoms with Crippen molar-refractivity contribution in [3.8, 4) is 0 Å². The quantitative estimate of drug-likeness (QED) is 0.587. The molecule has 0 bridgehead atoms. The summed E-state index contributed by atoms with van der Waals surface area (Å²) < 4.78 is 12.9. The van der Waals surface area contributed by atoms with Crippen LogP contribution >= 0.6 is 0 Å². The summed E-state index contributed by atoms with van der Waals surface area (Å²) in [6.07, 6.45) is 7.81. The lowest BCUT2D eigenvalue weighted by Crippen LogP contribution is -2.47. The second-order valence-electron chi connectivity index (χ2n) is 7.05. The first-order valence-corrected chi connectivity index (χ1v) is 8.88. The van der Waals surface area contributed by atoms with Gasteiger partial charge in [0, 0.05) is 13.1 Å². The molecule has 2 N–H and O–H groups in total. The molecule has 0 aliphatic heterocycles. The molecule has 0 spiro atoms. The van der Waals surface area contributed by atoms with Gasteiger partial charge in [-0.2, -0.15) is 0 Å². The Kier molecular flexibility index (Phi) is 6.73. The molecule has 0 radical (unpaired) electrons. The lowest BCUT2D eigenvalue weighted by atomic mass is 9.90.